The number of ether oxygens (including phenoxy) is 1. The first-order valence-corrected chi connectivity index (χ1v) is 4.88. The van der Waals surface area contributed by atoms with Crippen LogP contribution in [0.4, 0.5) is 0 Å². The lowest BCUT2D eigenvalue weighted by Gasteiger charge is -1.98. The van der Waals surface area contributed by atoms with E-state index in [4.69, 9.17) is 4.74 Å². The van der Waals surface area contributed by atoms with E-state index in [1.54, 1.807) is 13.0 Å². The van der Waals surface area contributed by atoms with Crippen LogP contribution in [0.15, 0.2) is 30.4 Å². The Morgan fingerprint density at radius 3 is 2.93 bits per heavy atom. The van der Waals surface area contributed by atoms with Crippen LogP contribution < -0.4 is 0 Å². The summed E-state index contributed by atoms with van der Waals surface area (Å²) in [5, 5.41) is 6.75. The van der Waals surface area contributed by atoms with Crippen molar-refractivity contribution >= 4 is 5.97 Å². The normalized spacial score (nSPS) is 14.7. The molecular weight excluding hydrogens is 192 g/mol. The Hall–Kier alpha value is -1.84. The van der Waals surface area contributed by atoms with Crippen LogP contribution in [0, 0.1) is 0 Å². The van der Waals surface area contributed by atoms with Crippen LogP contribution in [0.1, 0.15) is 29.0 Å². The van der Waals surface area contributed by atoms with E-state index in [2.05, 4.69) is 10.2 Å². The molecule has 0 amide bonds. The van der Waals surface area contributed by atoms with Crippen molar-refractivity contribution in [1.29, 1.82) is 0 Å². The van der Waals surface area contributed by atoms with Gasteiger partial charge in [-0.05, 0) is 13.0 Å². The van der Waals surface area contributed by atoms with Gasteiger partial charge in [0.15, 0.2) is 5.69 Å². The van der Waals surface area contributed by atoms with Gasteiger partial charge >= 0.3 is 5.97 Å². The van der Waals surface area contributed by atoms with Gasteiger partial charge < -0.3 is 4.74 Å². The molecule has 2 rings (SSSR count). The summed E-state index contributed by atoms with van der Waals surface area (Å²) in [5.74, 6) is -0.188. The molecule has 0 saturated heterocycles. The molecular formula is C11H12N2O2. The molecule has 1 aliphatic carbocycles. The van der Waals surface area contributed by atoms with Gasteiger partial charge in [0.25, 0.3) is 0 Å². The van der Waals surface area contributed by atoms with Crippen molar-refractivity contribution in [2.45, 2.75) is 12.8 Å². The lowest BCUT2D eigenvalue weighted by atomic mass is 10.1. The number of hydrogen-bond donors (Lipinski definition) is 1. The maximum atomic E-state index is 11.3. The van der Waals surface area contributed by atoms with Gasteiger partial charge in [-0.15, -0.1) is 0 Å². The molecule has 0 bridgehead atoms. The number of nitrogens with zero attached hydrogens (tertiary/aromatic N) is 1. The number of aromatic nitrogens is 2. The number of rotatable bonds is 3. The van der Waals surface area contributed by atoms with Gasteiger partial charge in [-0.25, -0.2) is 4.79 Å². The number of H-pyrrole nitrogens is 1. The van der Waals surface area contributed by atoms with Crippen molar-refractivity contribution < 1.29 is 9.53 Å². The predicted octanol–water partition coefficient (Wildman–Crippen LogP) is 1.80. The average molecular weight is 204 g/mol. The largest absolute Gasteiger partial charge is 0.461 e. The number of nitrogens with one attached hydrogen (secondary N) is 1. The Morgan fingerprint density at radius 1 is 1.53 bits per heavy atom. The zero-order valence-corrected chi connectivity index (χ0v) is 8.43. The van der Waals surface area contributed by atoms with Crippen LogP contribution in [-0.2, 0) is 4.74 Å². The summed E-state index contributed by atoms with van der Waals surface area (Å²) in [6.07, 6.45) is 8.00. The molecule has 0 spiro atoms. The van der Waals surface area contributed by atoms with Crippen molar-refractivity contribution in [2.75, 3.05) is 6.61 Å². The molecule has 1 heterocycles. The molecule has 0 radical (unpaired) electrons. The molecule has 1 aromatic rings. The van der Waals surface area contributed by atoms with E-state index in [1.807, 2.05) is 24.3 Å². The van der Waals surface area contributed by atoms with E-state index >= 15 is 0 Å². The number of esters is 1. The molecule has 0 atom stereocenters. The van der Waals surface area contributed by atoms with E-state index in [-0.39, 0.29) is 11.9 Å². The number of carbonyl (C=O) groups is 1. The molecule has 0 fully saturated rings. The maximum Gasteiger partial charge on any atom is 0.358 e. The topological polar surface area (TPSA) is 55.0 Å². The summed E-state index contributed by atoms with van der Waals surface area (Å²) in [5.41, 5.74) is 1.24. The zero-order valence-electron chi connectivity index (χ0n) is 8.43. The van der Waals surface area contributed by atoms with Crippen molar-refractivity contribution in [3.8, 4) is 0 Å². The summed E-state index contributed by atoms with van der Waals surface area (Å²) in [6, 6.07) is 1.72. The Labute approximate surface area is 87.6 Å². The molecule has 78 valence electrons. The van der Waals surface area contributed by atoms with E-state index < -0.39 is 0 Å². The SMILES string of the molecule is CCOC(=O)c1cc(C2C=CC=C2)[nH]n1. The fourth-order valence-corrected chi connectivity index (χ4v) is 1.46. The van der Waals surface area contributed by atoms with E-state index in [1.165, 1.54) is 0 Å². The third-order valence-electron chi connectivity index (χ3n) is 2.19. The van der Waals surface area contributed by atoms with E-state index in [9.17, 15) is 4.79 Å². The number of aromatic amines is 1. The zero-order chi connectivity index (χ0) is 10.7. The van der Waals surface area contributed by atoms with Crippen molar-refractivity contribution in [3.63, 3.8) is 0 Å². The lowest BCUT2D eigenvalue weighted by molar-refractivity contribution is 0.0519. The van der Waals surface area contributed by atoms with Crippen LogP contribution in [0.25, 0.3) is 0 Å². The predicted molar refractivity (Wildman–Crippen MR) is 55.6 cm³/mol. The molecule has 1 N–H and O–H groups in total. The van der Waals surface area contributed by atoms with Crippen molar-refractivity contribution in [2.24, 2.45) is 0 Å². The molecule has 0 aromatic carbocycles. The Balaban J connectivity index is 2.13. The second kappa shape index (κ2) is 4.13. The van der Waals surface area contributed by atoms with Gasteiger partial charge in [0.1, 0.15) is 0 Å². The molecule has 0 aliphatic heterocycles. The minimum absolute atomic E-state index is 0.195. The van der Waals surface area contributed by atoms with Crippen LogP contribution in [0.2, 0.25) is 0 Å². The summed E-state index contributed by atoms with van der Waals surface area (Å²) in [4.78, 5) is 11.3. The van der Waals surface area contributed by atoms with Crippen molar-refractivity contribution in [3.05, 3.63) is 41.8 Å². The summed E-state index contributed by atoms with van der Waals surface area (Å²) in [6.45, 7) is 2.14. The van der Waals surface area contributed by atoms with Crippen LogP contribution in [0.3, 0.4) is 0 Å². The van der Waals surface area contributed by atoms with Gasteiger partial charge in [0.05, 0.1) is 6.61 Å². The highest BCUT2D eigenvalue weighted by Crippen LogP contribution is 2.21. The van der Waals surface area contributed by atoms with Gasteiger partial charge in [0.2, 0.25) is 0 Å². The Kier molecular flexibility index (Phi) is 2.67. The number of hydrogen-bond acceptors (Lipinski definition) is 3. The number of carbonyl (C=O) groups excluding carboxylic acids is 1. The van der Waals surface area contributed by atoms with Crippen molar-refractivity contribution in [1.82, 2.24) is 10.2 Å². The molecule has 1 aromatic heterocycles. The van der Waals surface area contributed by atoms with Crippen LogP contribution >= 0.6 is 0 Å². The molecule has 1 aliphatic rings. The molecule has 0 saturated carbocycles. The smallest absolute Gasteiger partial charge is 0.358 e. The summed E-state index contributed by atoms with van der Waals surface area (Å²) in [7, 11) is 0. The quantitative estimate of drug-likeness (QED) is 0.764. The fraction of sp³-hybridized carbons (Fsp3) is 0.273. The van der Waals surface area contributed by atoms with E-state index in [0.29, 0.717) is 12.3 Å². The van der Waals surface area contributed by atoms with Gasteiger partial charge in [0, 0.05) is 11.6 Å². The highest BCUT2D eigenvalue weighted by atomic mass is 16.5. The molecule has 4 heteroatoms. The van der Waals surface area contributed by atoms with Crippen LogP contribution in [0.5, 0.6) is 0 Å². The first-order valence-electron chi connectivity index (χ1n) is 4.88. The highest BCUT2D eigenvalue weighted by molar-refractivity contribution is 5.87. The standard InChI is InChI=1S/C11H12N2O2/c1-2-15-11(14)10-7-9(12-13-10)8-5-3-4-6-8/h3-8H,2H2,1H3,(H,12,13). The maximum absolute atomic E-state index is 11.3. The fourth-order valence-electron chi connectivity index (χ4n) is 1.46. The average Bonchev–Trinajstić information content (AvgIpc) is 2.89. The first-order chi connectivity index (χ1) is 7.31. The molecule has 4 nitrogen and oxygen atoms in total. The molecule has 0 unspecified atom stereocenters. The Bertz CT molecular complexity index is 406. The van der Waals surface area contributed by atoms with Gasteiger partial charge in [-0.2, -0.15) is 5.10 Å². The first kappa shape index (κ1) is 9.71. The van der Waals surface area contributed by atoms with Gasteiger partial charge in [-0.3, -0.25) is 5.10 Å². The monoisotopic (exact) mass is 204 g/mol. The Morgan fingerprint density at radius 2 is 2.27 bits per heavy atom. The van der Waals surface area contributed by atoms with Gasteiger partial charge in [-0.1, -0.05) is 24.3 Å². The molecule has 15 heavy (non-hydrogen) atoms. The van der Waals surface area contributed by atoms with Crippen LogP contribution in [-0.4, -0.2) is 22.8 Å². The number of allylic oxidation sites excluding steroid dienone is 4. The third-order valence-corrected chi connectivity index (χ3v) is 2.19. The summed E-state index contributed by atoms with van der Waals surface area (Å²) < 4.78 is 4.85. The minimum atomic E-state index is -0.383. The minimum Gasteiger partial charge on any atom is -0.461 e. The summed E-state index contributed by atoms with van der Waals surface area (Å²) >= 11 is 0. The second-order valence-corrected chi connectivity index (χ2v) is 3.22. The highest BCUT2D eigenvalue weighted by Gasteiger charge is 2.15. The van der Waals surface area contributed by atoms with E-state index in [0.717, 1.165) is 5.69 Å². The third kappa shape index (κ3) is 1.98. The lowest BCUT2D eigenvalue weighted by Crippen LogP contribution is -2.04. The second-order valence-electron chi connectivity index (χ2n) is 3.22.